The van der Waals surface area contributed by atoms with E-state index in [2.05, 4.69) is 11.6 Å². The zero-order chi connectivity index (χ0) is 17.6. The van der Waals surface area contributed by atoms with Crippen molar-refractivity contribution in [2.45, 2.75) is 48.3 Å². The molecule has 1 aliphatic rings. The molecule has 5 nitrogen and oxygen atoms in total. The topological polar surface area (TPSA) is 87.0 Å². The standard InChI is InChI=1S/C17H22N2O3S2/c1-23-16-6-4-5-15(16)19-17(20)13-7-9-14(10-8-13)24(21,22)12-3-2-11-18/h7-10,15-16H,2-6,12H2,1H3,(H,19,20)/t15-,16-/m0/s1. The summed E-state index contributed by atoms with van der Waals surface area (Å²) in [5, 5.41) is 12.0. The third-order valence-electron chi connectivity index (χ3n) is 4.25. The van der Waals surface area contributed by atoms with Gasteiger partial charge >= 0.3 is 0 Å². The van der Waals surface area contributed by atoms with Crippen LogP contribution in [-0.4, -0.2) is 37.6 Å². The van der Waals surface area contributed by atoms with E-state index in [1.54, 1.807) is 23.9 Å². The number of nitrogens with zero attached hydrogens (tertiary/aromatic N) is 1. The molecular weight excluding hydrogens is 344 g/mol. The van der Waals surface area contributed by atoms with E-state index in [0.717, 1.165) is 19.3 Å². The van der Waals surface area contributed by atoms with Crippen LogP contribution in [0.15, 0.2) is 29.2 Å². The summed E-state index contributed by atoms with van der Waals surface area (Å²) in [6, 6.07) is 8.16. The first-order chi connectivity index (χ1) is 11.5. The summed E-state index contributed by atoms with van der Waals surface area (Å²) in [5.74, 6) is -0.210. The lowest BCUT2D eigenvalue weighted by Crippen LogP contribution is -2.38. The summed E-state index contributed by atoms with van der Waals surface area (Å²) >= 11 is 1.78. The SMILES string of the molecule is CS[C@H]1CCC[C@@H]1NC(=O)c1ccc(S(=O)(=O)CCCC#N)cc1. The quantitative estimate of drug-likeness (QED) is 0.750. The van der Waals surface area contributed by atoms with Gasteiger partial charge in [-0.25, -0.2) is 8.42 Å². The van der Waals surface area contributed by atoms with Gasteiger partial charge in [0, 0.05) is 23.3 Å². The van der Waals surface area contributed by atoms with Crippen molar-refractivity contribution in [3.63, 3.8) is 0 Å². The number of amides is 1. The van der Waals surface area contributed by atoms with Gasteiger partial charge in [-0.15, -0.1) is 0 Å². The fraction of sp³-hybridized carbons (Fsp3) is 0.529. The fourth-order valence-electron chi connectivity index (χ4n) is 2.90. The number of sulfone groups is 1. The first kappa shape index (κ1) is 18.8. The number of nitrogens with one attached hydrogen (secondary N) is 1. The smallest absolute Gasteiger partial charge is 0.251 e. The Bertz CT molecular complexity index is 708. The van der Waals surface area contributed by atoms with E-state index in [1.807, 2.05) is 6.07 Å². The molecular formula is C17H22N2O3S2. The van der Waals surface area contributed by atoms with Gasteiger partial charge in [-0.3, -0.25) is 4.79 Å². The van der Waals surface area contributed by atoms with E-state index in [1.165, 1.54) is 12.1 Å². The Kier molecular flexibility index (Phi) is 6.69. The average molecular weight is 367 g/mol. The summed E-state index contributed by atoms with van der Waals surface area (Å²) in [6.45, 7) is 0. The first-order valence-electron chi connectivity index (χ1n) is 8.01. The highest BCUT2D eigenvalue weighted by Gasteiger charge is 2.28. The van der Waals surface area contributed by atoms with E-state index < -0.39 is 9.84 Å². The van der Waals surface area contributed by atoms with Gasteiger partial charge in [0.2, 0.25) is 0 Å². The van der Waals surface area contributed by atoms with Crippen molar-refractivity contribution in [3.05, 3.63) is 29.8 Å². The molecule has 1 fully saturated rings. The third-order valence-corrected chi connectivity index (χ3v) is 7.24. The number of hydrogen-bond acceptors (Lipinski definition) is 5. The van der Waals surface area contributed by atoms with Gasteiger partial charge in [-0.1, -0.05) is 6.42 Å². The molecule has 1 saturated carbocycles. The lowest BCUT2D eigenvalue weighted by atomic mass is 10.2. The van der Waals surface area contributed by atoms with Crippen LogP contribution in [0.2, 0.25) is 0 Å². The maximum Gasteiger partial charge on any atom is 0.251 e. The van der Waals surface area contributed by atoms with Gasteiger partial charge in [-0.05, 0) is 49.8 Å². The van der Waals surface area contributed by atoms with Crippen molar-refractivity contribution in [1.29, 1.82) is 5.26 Å². The van der Waals surface area contributed by atoms with E-state index in [0.29, 0.717) is 17.2 Å². The molecule has 2 atom stereocenters. The second-order valence-corrected chi connectivity index (χ2v) is 9.08. The van der Waals surface area contributed by atoms with Gasteiger partial charge in [0.15, 0.2) is 9.84 Å². The van der Waals surface area contributed by atoms with Gasteiger partial charge < -0.3 is 5.32 Å². The summed E-state index contributed by atoms with van der Waals surface area (Å²) in [6.07, 6.45) is 5.82. The zero-order valence-electron chi connectivity index (χ0n) is 13.7. The van der Waals surface area contributed by atoms with Crippen molar-refractivity contribution < 1.29 is 13.2 Å². The van der Waals surface area contributed by atoms with Crippen LogP contribution in [0.5, 0.6) is 0 Å². The largest absolute Gasteiger partial charge is 0.348 e. The van der Waals surface area contributed by atoms with Crippen LogP contribution in [0.1, 0.15) is 42.5 Å². The first-order valence-corrected chi connectivity index (χ1v) is 11.0. The maximum atomic E-state index is 12.3. The Morgan fingerprint density at radius 3 is 2.67 bits per heavy atom. The lowest BCUT2D eigenvalue weighted by molar-refractivity contribution is 0.0938. The molecule has 1 amide bonds. The number of hydrogen-bond donors (Lipinski definition) is 1. The van der Waals surface area contributed by atoms with Crippen LogP contribution in [0.25, 0.3) is 0 Å². The zero-order valence-corrected chi connectivity index (χ0v) is 15.3. The Morgan fingerprint density at radius 1 is 1.33 bits per heavy atom. The predicted octanol–water partition coefficient (Wildman–Crippen LogP) is 2.78. The van der Waals surface area contributed by atoms with Crippen LogP contribution >= 0.6 is 11.8 Å². The van der Waals surface area contributed by atoms with Gasteiger partial charge in [0.1, 0.15) is 0 Å². The molecule has 0 saturated heterocycles. The molecule has 2 rings (SSSR count). The Hall–Kier alpha value is -1.52. The highest BCUT2D eigenvalue weighted by molar-refractivity contribution is 7.99. The maximum absolute atomic E-state index is 12.3. The van der Waals surface area contributed by atoms with Crippen LogP contribution in [0, 0.1) is 11.3 Å². The Labute approximate surface area is 147 Å². The third kappa shape index (κ3) is 4.74. The molecule has 1 N–H and O–H groups in total. The molecule has 1 aromatic rings. The second-order valence-electron chi connectivity index (χ2n) is 5.89. The molecule has 0 heterocycles. The highest BCUT2D eigenvalue weighted by atomic mass is 32.2. The highest BCUT2D eigenvalue weighted by Crippen LogP contribution is 2.28. The normalized spacial score (nSPS) is 20.5. The number of benzene rings is 1. The minimum Gasteiger partial charge on any atom is -0.348 e. The average Bonchev–Trinajstić information content (AvgIpc) is 3.02. The number of carbonyl (C=O) groups excluding carboxylic acids is 1. The molecule has 0 radical (unpaired) electrons. The molecule has 0 aliphatic heterocycles. The summed E-state index contributed by atoms with van der Waals surface area (Å²) < 4.78 is 24.3. The van der Waals surface area contributed by atoms with Gasteiger partial charge in [0.25, 0.3) is 5.91 Å². The molecule has 1 aliphatic carbocycles. The fourth-order valence-corrected chi connectivity index (χ4v) is 5.14. The summed E-state index contributed by atoms with van der Waals surface area (Å²) in [5.41, 5.74) is 0.470. The molecule has 1 aromatic carbocycles. The Morgan fingerprint density at radius 2 is 2.04 bits per heavy atom. The molecule has 7 heteroatoms. The number of unbranched alkanes of at least 4 members (excludes halogenated alkanes) is 1. The number of rotatable bonds is 7. The monoisotopic (exact) mass is 366 g/mol. The van der Waals surface area contributed by atoms with Crippen molar-refractivity contribution in [1.82, 2.24) is 5.32 Å². The van der Waals surface area contributed by atoms with Crippen molar-refractivity contribution in [2.24, 2.45) is 0 Å². The van der Waals surface area contributed by atoms with E-state index in [4.69, 9.17) is 5.26 Å². The lowest BCUT2D eigenvalue weighted by Gasteiger charge is -2.19. The number of nitriles is 1. The van der Waals surface area contributed by atoms with Crippen LogP contribution in [0.3, 0.4) is 0 Å². The minimum atomic E-state index is -3.40. The summed E-state index contributed by atoms with van der Waals surface area (Å²) in [4.78, 5) is 12.5. The van der Waals surface area contributed by atoms with E-state index in [9.17, 15) is 13.2 Å². The van der Waals surface area contributed by atoms with Gasteiger partial charge in [-0.2, -0.15) is 17.0 Å². The van der Waals surface area contributed by atoms with Crippen molar-refractivity contribution in [3.8, 4) is 6.07 Å². The minimum absolute atomic E-state index is 0.0520. The Balaban J connectivity index is 2.01. The molecule has 0 aromatic heterocycles. The molecule has 0 unspecified atom stereocenters. The molecule has 0 bridgehead atoms. The van der Waals surface area contributed by atoms with Crippen molar-refractivity contribution >= 4 is 27.5 Å². The van der Waals surface area contributed by atoms with E-state index in [-0.39, 0.29) is 29.0 Å². The predicted molar refractivity (Wildman–Crippen MR) is 95.8 cm³/mol. The van der Waals surface area contributed by atoms with Crippen LogP contribution < -0.4 is 5.32 Å². The molecule has 130 valence electrons. The van der Waals surface area contributed by atoms with Crippen LogP contribution in [-0.2, 0) is 9.84 Å². The van der Waals surface area contributed by atoms with E-state index >= 15 is 0 Å². The molecule has 24 heavy (non-hydrogen) atoms. The van der Waals surface area contributed by atoms with Gasteiger partial charge in [0.05, 0.1) is 16.7 Å². The van der Waals surface area contributed by atoms with Crippen LogP contribution in [0.4, 0.5) is 0 Å². The number of thioether (sulfide) groups is 1. The number of carbonyl (C=O) groups is 1. The summed E-state index contributed by atoms with van der Waals surface area (Å²) in [7, 11) is -3.40. The second kappa shape index (κ2) is 8.54. The van der Waals surface area contributed by atoms with Crippen molar-refractivity contribution in [2.75, 3.05) is 12.0 Å². The molecule has 0 spiro atoms.